The Hall–Kier alpha value is -1.48. The Kier molecular flexibility index (Phi) is 2.77. The number of aromatic amines is 1. The number of anilines is 1. The number of H-pyrrole nitrogens is 1. The number of primary sulfonamides is 1. The average Bonchev–Trinajstić information content (AvgIpc) is 2.00. The Labute approximate surface area is 82.9 Å². The monoisotopic (exact) mass is 239 g/mol. The van der Waals surface area contributed by atoms with Crippen LogP contribution in [0.5, 0.6) is 0 Å². The third-order valence-corrected chi connectivity index (χ3v) is 2.59. The van der Waals surface area contributed by atoms with Crippen molar-refractivity contribution in [3.63, 3.8) is 0 Å². The molecule has 6 nitrogen and oxygen atoms in total. The van der Waals surface area contributed by atoms with Crippen molar-refractivity contribution >= 4 is 15.8 Å². The highest BCUT2D eigenvalue weighted by molar-refractivity contribution is 7.89. The largest absolute Gasteiger partial charge is 0.384 e. The molecule has 1 aromatic heterocycles. The summed E-state index contributed by atoms with van der Waals surface area (Å²) >= 11 is 0. The molecule has 9 heteroatoms. The molecule has 0 aliphatic heterocycles. The van der Waals surface area contributed by atoms with E-state index in [4.69, 9.17) is 5.73 Å². The standard InChI is InChI=1S/C6H7F2N3O3S/c7-5(8)2-1-11-6(9)4(3(2)12)15(10,13)14/h1,5H,(H3,9,11,12)(H2,10,13,14). The zero-order chi connectivity index (χ0) is 11.8. The molecule has 0 amide bonds. The van der Waals surface area contributed by atoms with Gasteiger partial charge in [0.1, 0.15) is 5.82 Å². The van der Waals surface area contributed by atoms with Crippen LogP contribution in [0.2, 0.25) is 0 Å². The predicted octanol–water partition coefficient (Wildman–Crippen LogP) is -0.458. The number of nitrogens with one attached hydrogen (secondary N) is 1. The van der Waals surface area contributed by atoms with Crippen LogP contribution in [-0.2, 0) is 10.0 Å². The summed E-state index contributed by atoms with van der Waals surface area (Å²) in [6.45, 7) is 0. The van der Waals surface area contributed by atoms with Crippen molar-refractivity contribution < 1.29 is 17.2 Å². The summed E-state index contributed by atoms with van der Waals surface area (Å²) < 4.78 is 46.2. The third kappa shape index (κ3) is 2.13. The predicted molar refractivity (Wildman–Crippen MR) is 47.8 cm³/mol. The Morgan fingerprint density at radius 3 is 2.33 bits per heavy atom. The lowest BCUT2D eigenvalue weighted by Gasteiger charge is -2.04. The Balaban J connectivity index is 3.67. The molecular formula is C6H7F2N3O3S. The quantitative estimate of drug-likeness (QED) is 0.647. The van der Waals surface area contributed by atoms with E-state index in [0.29, 0.717) is 6.20 Å². The number of nitrogen functional groups attached to an aromatic ring is 1. The van der Waals surface area contributed by atoms with E-state index in [1.54, 1.807) is 0 Å². The summed E-state index contributed by atoms with van der Waals surface area (Å²) in [5, 5.41) is 4.65. The normalized spacial score (nSPS) is 12.0. The lowest BCUT2D eigenvalue weighted by Crippen LogP contribution is -2.26. The zero-order valence-electron chi connectivity index (χ0n) is 7.20. The maximum Gasteiger partial charge on any atom is 0.269 e. The van der Waals surface area contributed by atoms with Crippen molar-refractivity contribution in [2.75, 3.05) is 5.73 Å². The van der Waals surface area contributed by atoms with E-state index in [9.17, 15) is 22.0 Å². The highest BCUT2D eigenvalue weighted by atomic mass is 32.2. The van der Waals surface area contributed by atoms with Gasteiger partial charge in [0.2, 0.25) is 15.5 Å². The van der Waals surface area contributed by atoms with Gasteiger partial charge in [-0.25, -0.2) is 22.3 Å². The van der Waals surface area contributed by atoms with E-state index in [0.717, 1.165) is 0 Å². The summed E-state index contributed by atoms with van der Waals surface area (Å²) in [6, 6.07) is 0. The van der Waals surface area contributed by atoms with Crippen LogP contribution < -0.4 is 16.3 Å². The molecule has 84 valence electrons. The molecule has 1 rings (SSSR count). The van der Waals surface area contributed by atoms with Crippen molar-refractivity contribution in [3.8, 4) is 0 Å². The van der Waals surface area contributed by atoms with E-state index in [-0.39, 0.29) is 0 Å². The Morgan fingerprint density at radius 2 is 1.93 bits per heavy atom. The highest BCUT2D eigenvalue weighted by Crippen LogP contribution is 2.17. The molecule has 0 aliphatic rings. The van der Waals surface area contributed by atoms with Crippen LogP contribution in [0, 0.1) is 0 Å². The lowest BCUT2D eigenvalue weighted by atomic mass is 10.3. The van der Waals surface area contributed by atoms with Gasteiger partial charge in [-0.05, 0) is 0 Å². The number of hydrogen-bond donors (Lipinski definition) is 3. The molecule has 0 aliphatic carbocycles. The fourth-order valence-corrected chi connectivity index (χ4v) is 1.73. The van der Waals surface area contributed by atoms with Gasteiger partial charge in [0, 0.05) is 6.20 Å². The summed E-state index contributed by atoms with van der Waals surface area (Å²) in [5.41, 5.74) is 2.74. The van der Waals surface area contributed by atoms with Crippen LogP contribution >= 0.6 is 0 Å². The van der Waals surface area contributed by atoms with E-state index in [1.807, 2.05) is 4.98 Å². The van der Waals surface area contributed by atoms with Gasteiger partial charge >= 0.3 is 0 Å². The number of aromatic nitrogens is 1. The number of nitrogens with two attached hydrogens (primary N) is 2. The van der Waals surface area contributed by atoms with Gasteiger partial charge in [-0.1, -0.05) is 0 Å². The second-order valence-corrected chi connectivity index (χ2v) is 4.16. The van der Waals surface area contributed by atoms with Crippen molar-refractivity contribution in [2.45, 2.75) is 11.3 Å². The fraction of sp³-hybridized carbons (Fsp3) is 0.167. The van der Waals surface area contributed by atoms with Gasteiger partial charge in [-0.2, -0.15) is 0 Å². The number of rotatable bonds is 2. The molecular weight excluding hydrogens is 232 g/mol. The van der Waals surface area contributed by atoms with E-state index < -0.39 is 38.2 Å². The molecule has 1 aromatic rings. The number of halogens is 2. The number of sulfonamides is 1. The molecule has 0 atom stereocenters. The zero-order valence-corrected chi connectivity index (χ0v) is 8.01. The maximum atomic E-state index is 12.2. The first-order chi connectivity index (χ1) is 6.75. The topological polar surface area (TPSA) is 119 Å². The van der Waals surface area contributed by atoms with E-state index >= 15 is 0 Å². The Bertz CT molecular complexity index is 537. The van der Waals surface area contributed by atoms with Crippen LogP contribution in [0.4, 0.5) is 14.6 Å². The molecule has 0 radical (unpaired) electrons. The molecule has 15 heavy (non-hydrogen) atoms. The summed E-state index contributed by atoms with van der Waals surface area (Å²) in [4.78, 5) is 12.2. The SMILES string of the molecule is Nc1[nH]cc(C(F)F)c(=O)c1S(N)(=O)=O. The van der Waals surface area contributed by atoms with E-state index in [2.05, 4.69) is 5.14 Å². The van der Waals surface area contributed by atoms with Gasteiger partial charge in [-0.15, -0.1) is 0 Å². The van der Waals surface area contributed by atoms with Gasteiger partial charge in [0.05, 0.1) is 5.56 Å². The van der Waals surface area contributed by atoms with Crippen LogP contribution in [0.25, 0.3) is 0 Å². The molecule has 0 fully saturated rings. The fourth-order valence-electron chi connectivity index (χ4n) is 0.985. The minimum Gasteiger partial charge on any atom is -0.384 e. The second-order valence-electron chi connectivity index (χ2n) is 2.66. The Morgan fingerprint density at radius 1 is 1.40 bits per heavy atom. The summed E-state index contributed by atoms with van der Waals surface area (Å²) in [5.74, 6) is -0.563. The van der Waals surface area contributed by atoms with Crippen molar-refractivity contribution in [1.29, 1.82) is 0 Å². The van der Waals surface area contributed by atoms with Crippen LogP contribution in [0.1, 0.15) is 12.0 Å². The maximum absolute atomic E-state index is 12.2. The van der Waals surface area contributed by atoms with Gasteiger partial charge in [0.15, 0.2) is 4.90 Å². The number of hydrogen-bond acceptors (Lipinski definition) is 4. The molecule has 0 saturated carbocycles. The van der Waals surface area contributed by atoms with Gasteiger partial charge in [-0.3, -0.25) is 4.79 Å². The highest BCUT2D eigenvalue weighted by Gasteiger charge is 2.23. The minimum absolute atomic E-state index is 0.563. The number of pyridine rings is 1. The van der Waals surface area contributed by atoms with Crippen molar-refractivity contribution in [3.05, 3.63) is 22.0 Å². The first-order valence-electron chi connectivity index (χ1n) is 3.57. The van der Waals surface area contributed by atoms with Crippen LogP contribution in [-0.4, -0.2) is 13.4 Å². The summed E-state index contributed by atoms with van der Waals surface area (Å²) in [7, 11) is -4.42. The second kappa shape index (κ2) is 3.59. The van der Waals surface area contributed by atoms with Gasteiger partial charge in [0.25, 0.3) is 6.43 Å². The molecule has 0 aromatic carbocycles. The van der Waals surface area contributed by atoms with Crippen LogP contribution in [0.15, 0.2) is 15.9 Å². The average molecular weight is 239 g/mol. The summed E-state index contributed by atoms with van der Waals surface area (Å²) in [6.07, 6.45) is -2.45. The molecule has 1 heterocycles. The molecule has 5 N–H and O–H groups in total. The van der Waals surface area contributed by atoms with E-state index in [1.165, 1.54) is 0 Å². The lowest BCUT2D eigenvalue weighted by molar-refractivity contribution is 0.149. The molecule has 0 bridgehead atoms. The number of alkyl halides is 2. The first kappa shape index (κ1) is 11.6. The van der Waals surface area contributed by atoms with Crippen LogP contribution in [0.3, 0.4) is 0 Å². The van der Waals surface area contributed by atoms with Gasteiger partial charge < -0.3 is 10.7 Å². The molecule has 0 saturated heterocycles. The molecule has 0 spiro atoms. The molecule has 0 unspecified atom stereocenters. The van der Waals surface area contributed by atoms with Crippen molar-refractivity contribution in [2.24, 2.45) is 5.14 Å². The van der Waals surface area contributed by atoms with Crippen molar-refractivity contribution in [1.82, 2.24) is 4.98 Å². The third-order valence-electron chi connectivity index (χ3n) is 1.62. The minimum atomic E-state index is -4.42. The smallest absolute Gasteiger partial charge is 0.269 e. The first-order valence-corrected chi connectivity index (χ1v) is 5.11.